The fourth-order valence-corrected chi connectivity index (χ4v) is 2.30. The molecule has 1 aromatic rings. The number of aryl methyl sites for hydroxylation is 1. The molecule has 1 fully saturated rings. The maximum Gasteiger partial charge on any atom is 0.410 e. The maximum atomic E-state index is 12.0. The molecule has 2 N–H and O–H groups in total. The van der Waals surface area contributed by atoms with Gasteiger partial charge in [-0.15, -0.1) is 0 Å². The second kappa shape index (κ2) is 7.59. The summed E-state index contributed by atoms with van der Waals surface area (Å²) in [6, 6.07) is 0.345. The predicted octanol–water partition coefficient (Wildman–Crippen LogP) is 1.76. The highest BCUT2D eigenvalue weighted by atomic mass is 16.6. The van der Waals surface area contributed by atoms with Crippen LogP contribution in [0.5, 0.6) is 6.01 Å². The normalized spacial score (nSPS) is 18.1. The van der Waals surface area contributed by atoms with E-state index < -0.39 is 5.60 Å². The van der Waals surface area contributed by atoms with Gasteiger partial charge in [0.1, 0.15) is 11.7 Å². The molecule has 1 aliphatic rings. The molecule has 1 atom stereocenters. The van der Waals surface area contributed by atoms with E-state index in [-0.39, 0.29) is 12.2 Å². The largest absolute Gasteiger partial charge is 0.458 e. The van der Waals surface area contributed by atoms with E-state index in [1.807, 2.05) is 20.8 Å². The monoisotopic (exact) mass is 322 g/mol. The summed E-state index contributed by atoms with van der Waals surface area (Å²) in [7, 11) is 0. The van der Waals surface area contributed by atoms with E-state index in [9.17, 15) is 4.79 Å². The minimum Gasteiger partial charge on any atom is -0.458 e. The van der Waals surface area contributed by atoms with Gasteiger partial charge in [0.15, 0.2) is 0 Å². The van der Waals surface area contributed by atoms with Crippen molar-refractivity contribution in [3.8, 4) is 6.01 Å². The first kappa shape index (κ1) is 17.5. The number of hydrogen-bond donors (Lipinski definition) is 1. The van der Waals surface area contributed by atoms with E-state index >= 15 is 0 Å². The van der Waals surface area contributed by atoms with Crippen molar-refractivity contribution in [1.82, 2.24) is 14.9 Å². The number of nitrogens with two attached hydrogens (primary N) is 1. The average Bonchev–Trinajstić information content (AvgIpc) is 2.93. The summed E-state index contributed by atoms with van der Waals surface area (Å²) >= 11 is 0. The van der Waals surface area contributed by atoms with Gasteiger partial charge in [0.2, 0.25) is 0 Å². The number of likely N-dealkylation sites (tertiary alicyclic amines) is 1. The Morgan fingerprint density at radius 3 is 2.70 bits per heavy atom. The van der Waals surface area contributed by atoms with E-state index in [4.69, 9.17) is 15.2 Å². The Bertz CT molecular complexity index is 513. The zero-order chi connectivity index (χ0) is 16.9. The molecule has 1 aromatic heterocycles. The number of nitrogens with zero attached hydrogens (tertiary/aromatic N) is 3. The minimum absolute atomic E-state index is 0.0996. The van der Waals surface area contributed by atoms with Gasteiger partial charge in [-0.2, -0.15) is 0 Å². The molecule has 1 saturated heterocycles. The third kappa shape index (κ3) is 5.67. The van der Waals surface area contributed by atoms with Crippen LogP contribution >= 0.6 is 0 Å². The highest BCUT2D eigenvalue weighted by Gasteiger charge is 2.31. The summed E-state index contributed by atoms with van der Waals surface area (Å²) in [5.41, 5.74) is 6.04. The Kier molecular flexibility index (Phi) is 5.76. The Morgan fingerprint density at radius 2 is 2.09 bits per heavy atom. The molecule has 1 unspecified atom stereocenters. The van der Waals surface area contributed by atoms with Gasteiger partial charge in [-0.3, -0.25) is 0 Å². The number of carbonyl (C=O) groups is 1. The second-order valence-electron chi connectivity index (χ2n) is 6.72. The molecule has 0 bridgehead atoms. The van der Waals surface area contributed by atoms with Gasteiger partial charge in [0.25, 0.3) is 0 Å². The number of hydrogen-bond acceptors (Lipinski definition) is 6. The summed E-state index contributed by atoms with van der Waals surface area (Å²) in [4.78, 5) is 22.1. The molecule has 0 saturated carbocycles. The van der Waals surface area contributed by atoms with E-state index in [0.29, 0.717) is 25.6 Å². The Hall–Kier alpha value is -1.89. The molecule has 0 aromatic carbocycles. The molecular weight excluding hydrogens is 296 g/mol. The van der Waals surface area contributed by atoms with Crippen molar-refractivity contribution in [3.05, 3.63) is 18.0 Å². The summed E-state index contributed by atoms with van der Waals surface area (Å²) in [5, 5.41) is 0. The molecule has 2 rings (SSSR count). The second-order valence-corrected chi connectivity index (χ2v) is 6.72. The first-order valence-electron chi connectivity index (χ1n) is 8.03. The van der Waals surface area contributed by atoms with Crippen molar-refractivity contribution in [1.29, 1.82) is 0 Å². The standard InChI is InChI=1S/C16H26N4O3/c1-16(2,3)23-15(21)20-8-6-13(11-20)22-14-18-9-12(10-19-14)5-4-7-17/h9-10,13H,4-8,11,17H2,1-3H3. The molecular formula is C16H26N4O3. The summed E-state index contributed by atoms with van der Waals surface area (Å²) < 4.78 is 11.1. The molecule has 128 valence electrons. The molecule has 2 heterocycles. The van der Waals surface area contributed by atoms with Crippen LogP contribution < -0.4 is 10.5 Å². The summed E-state index contributed by atoms with van der Waals surface area (Å²) in [6.45, 7) is 7.33. The maximum absolute atomic E-state index is 12.0. The number of rotatable bonds is 5. The van der Waals surface area contributed by atoms with E-state index in [1.165, 1.54) is 0 Å². The molecule has 7 heteroatoms. The lowest BCUT2D eigenvalue weighted by atomic mass is 10.2. The van der Waals surface area contributed by atoms with Crippen molar-refractivity contribution in [2.75, 3.05) is 19.6 Å². The van der Waals surface area contributed by atoms with Crippen molar-refractivity contribution in [3.63, 3.8) is 0 Å². The van der Waals surface area contributed by atoms with Crippen LogP contribution in [0.2, 0.25) is 0 Å². The molecule has 23 heavy (non-hydrogen) atoms. The van der Waals surface area contributed by atoms with Crippen LogP contribution in [0, 0.1) is 0 Å². The fourth-order valence-electron chi connectivity index (χ4n) is 2.30. The Labute approximate surface area is 137 Å². The SMILES string of the molecule is CC(C)(C)OC(=O)N1CCC(Oc2ncc(CCCN)cn2)C1. The van der Waals surface area contributed by atoms with Gasteiger partial charge in [-0.25, -0.2) is 14.8 Å². The van der Waals surface area contributed by atoms with E-state index in [2.05, 4.69) is 9.97 Å². The zero-order valence-electron chi connectivity index (χ0n) is 14.1. The topological polar surface area (TPSA) is 90.6 Å². The first-order valence-corrected chi connectivity index (χ1v) is 8.03. The lowest BCUT2D eigenvalue weighted by Crippen LogP contribution is -2.36. The van der Waals surface area contributed by atoms with Gasteiger partial charge < -0.3 is 20.1 Å². The smallest absolute Gasteiger partial charge is 0.410 e. The van der Waals surface area contributed by atoms with Crippen molar-refractivity contribution in [2.45, 2.75) is 51.7 Å². The third-order valence-electron chi connectivity index (χ3n) is 3.42. The average molecular weight is 322 g/mol. The van der Waals surface area contributed by atoms with Crippen molar-refractivity contribution < 1.29 is 14.3 Å². The minimum atomic E-state index is -0.488. The number of aromatic nitrogens is 2. The lowest BCUT2D eigenvalue weighted by Gasteiger charge is -2.24. The molecule has 1 amide bonds. The van der Waals surface area contributed by atoms with Crippen molar-refractivity contribution >= 4 is 6.09 Å². The van der Waals surface area contributed by atoms with E-state index in [1.54, 1.807) is 17.3 Å². The van der Waals surface area contributed by atoms with Gasteiger partial charge in [0.05, 0.1) is 6.54 Å². The molecule has 1 aliphatic heterocycles. The Morgan fingerprint density at radius 1 is 1.39 bits per heavy atom. The van der Waals surface area contributed by atoms with Crippen LogP contribution in [-0.2, 0) is 11.2 Å². The van der Waals surface area contributed by atoms with Crippen LogP contribution in [0.25, 0.3) is 0 Å². The quantitative estimate of drug-likeness (QED) is 0.888. The number of amides is 1. The predicted molar refractivity (Wildman–Crippen MR) is 86.2 cm³/mol. The van der Waals surface area contributed by atoms with Crippen LogP contribution in [0.3, 0.4) is 0 Å². The number of carbonyl (C=O) groups excluding carboxylic acids is 1. The van der Waals surface area contributed by atoms with Crippen LogP contribution in [0.1, 0.15) is 39.2 Å². The lowest BCUT2D eigenvalue weighted by molar-refractivity contribution is 0.0274. The Balaban J connectivity index is 1.82. The molecule has 7 nitrogen and oxygen atoms in total. The van der Waals surface area contributed by atoms with Crippen LogP contribution in [-0.4, -0.2) is 52.3 Å². The zero-order valence-corrected chi connectivity index (χ0v) is 14.1. The van der Waals surface area contributed by atoms with Gasteiger partial charge in [-0.05, 0) is 45.7 Å². The summed E-state index contributed by atoms with van der Waals surface area (Å²) in [6.07, 6.45) is 5.65. The van der Waals surface area contributed by atoms with Gasteiger partial charge in [-0.1, -0.05) is 0 Å². The summed E-state index contributed by atoms with van der Waals surface area (Å²) in [5.74, 6) is 0. The molecule has 0 spiro atoms. The highest BCUT2D eigenvalue weighted by molar-refractivity contribution is 5.68. The molecule has 0 aliphatic carbocycles. The van der Waals surface area contributed by atoms with Crippen LogP contribution in [0.15, 0.2) is 12.4 Å². The van der Waals surface area contributed by atoms with Gasteiger partial charge >= 0.3 is 12.1 Å². The van der Waals surface area contributed by atoms with E-state index in [0.717, 1.165) is 24.8 Å². The third-order valence-corrected chi connectivity index (χ3v) is 3.42. The highest BCUT2D eigenvalue weighted by Crippen LogP contribution is 2.18. The first-order chi connectivity index (χ1) is 10.9. The molecule has 0 radical (unpaired) electrons. The van der Waals surface area contributed by atoms with Crippen molar-refractivity contribution in [2.24, 2.45) is 5.73 Å². The fraction of sp³-hybridized carbons (Fsp3) is 0.688. The number of ether oxygens (including phenoxy) is 2. The van der Waals surface area contributed by atoms with Crippen LogP contribution in [0.4, 0.5) is 4.79 Å². The van der Waals surface area contributed by atoms with Gasteiger partial charge in [0, 0.05) is 25.4 Å².